The van der Waals surface area contributed by atoms with Crippen molar-refractivity contribution >= 4 is 39.6 Å². The zero-order valence-electron chi connectivity index (χ0n) is 16.3. The van der Waals surface area contributed by atoms with Crippen molar-refractivity contribution in [2.75, 3.05) is 18.1 Å². The Bertz CT molecular complexity index is 866. The molecule has 7 heteroatoms. The highest BCUT2D eigenvalue weighted by Crippen LogP contribution is 2.26. The minimum atomic E-state index is -0.419. The van der Waals surface area contributed by atoms with Crippen LogP contribution in [0.25, 0.3) is 0 Å². The molecule has 6 nitrogen and oxygen atoms in total. The molecule has 2 aromatic rings. The van der Waals surface area contributed by atoms with Gasteiger partial charge in [-0.2, -0.15) is 5.10 Å². The molecule has 2 aromatic carbocycles. The molecule has 1 aliphatic heterocycles. The number of anilines is 1. The molecule has 1 saturated heterocycles. The molecule has 0 saturated carbocycles. The van der Waals surface area contributed by atoms with Gasteiger partial charge in [-0.05, 0) is 60.5 Å². The van der Waals surface area contributed by atoms with Gasteiger partial charge in [-0.3, -0.25) is 9.59 Å². The lowest BCUT2D eigenvalue weighted by Gasteiger charge is -2.16. The van der Waals surface area contributed by atoms with Crippen LogP contribution < -0.4 is 15.1 Å². The van der Waals surface area contributed by atoms with Gasteiger partial charge in [0.1, 0.15) is 5.75 Å². The molecule has 0 bridgehead atoms. The number of carbonyl (C=O) groups excluding carboxylic acids is 2. The zero-order chi connectivity index (χ0) is 20.6. The number of hydrogen-bond acceptors (Lipinski definition) is 4. The summed E-state index contributed by atoms with van der Waals surface area (Å²) in [4.78, 5) is 26.3. The maximum absolute atomic E-state index is 12.4. The lowest BCUT2D eigenvalue weighted by atomic mass is 10.1. The molecular formula is C22H24BrN3O3. The number of amides is 2. The Morgan fingerprint density at radius 3 is 2.66 bits per heavy atom. The van der Waals surface area contributed by atoms with Crippen molar-refractivity contribution < 1.29 is 14.3 Å². The van der Waals surface area contributed by atoms with Crippen molar-refractivity contribution in [3.05, 3.63) is 58.6 Å². The monoisotopic (exact) mass is 457 g/mol. The molecule has 3 rings (SSSR count). The fourth-order valence-corrected chi connectivity index (χ4v) is 3.26. The quantitative estimate of drug-likeness (QED) is 0.368. The third-order valence-corrected chi connectivity index (χ3v) is 5.20. The maximum atomic E-state index is 12.4. The lowest BCUT2D eigenvalue weighted by molar-refractivity contribution is -0.126. The van der Waals surface area contributed by atoms with Crippen LogP contribution in [-0.4, -0.2) is 31.2 Å². The number of nitrogens with zero attached hydrogens (tertiary/aromatic N) is 2. The summed E-state index contributed by atoms with van der Waals surface area (Å²) in [5.41, 5.74) is 4.19. The number of hydrogen-bond donors (Lipinski definition) is 1. The van der Waals surface area contributed by atoms with Gasteiger partial charge in [0.25, 0.3) is 0 Å². The number of unbranched alkanes of at least 4 members (excludes halogenated alkanes) is 1. The fraction of sp³-hybridized carbons (Fsp3) is 0.318. The second-order valence-electron chi connectivity index (χ2n) is 6.89. The van der Waals surface area contributed by atoms with E-state index in [1.165, 1.54) is 0 Å². The Kier molecular flexibility index (Phi) is 7.41. The largest absolute Gasteiger partial charge is 0.494 e. The van der Waals surface area contributed by atoms with Crippen molar-refractivity contribution in [1.29, 1.82) is 0 Å². The second kappa shape index (κ2) is 10.2. The van der Waals surface area contributed by atoms with Crippen molar-refractivity contribution in [2.24, 2.45) is 11.0 Å². The van der Waals surface area contributed by atoms with E-state index < -0.39 is 5.92 Å². The Hall–Kier alpha value is -2.67. The van der Waals surface area contributed by atoms with E-state index in [1.54, 1.807) is 11.1 Å². The molecule has 2 amide bonds. The topological polar surface area (TPSA) is 71.0 Å². The van der Waals surface area contributed by atoms with Crippen LogP contribution in [0.1, 0.15) is 31.7 Å². The number of benzene rings is 2. The smallest absolute Gasteiger partial charge is 0.245 e. The predicted octanol–water partition coefficient (Wildman–Crippen LogP) is 4.13. The first-order valence-electron chi connectivity index (χ1n) is 9.68. The molecule has 152 valence electrons. The fourth-order valence-electron chi connectivity index (χ4n) is 3.00. The third kappa shape index (κ3) is 5.90. The van der Waals surface area contributed by atoms with E-state index in [-0.39, 0.29) is 18.2 Å². The van der Waals surface area contributed by atoms with Crippen LogP contribution in [0.4, 0.5) is 5.69 Å². The SMILES string of the molecule is CCCCOc1ccc(/C=N\NC(=O)[C@H]2CC(=O)N(c3ccc(Br)cc3)C2)cc1. The third-order valence-electron chi connectivity index (χ3n) is 4.67. The number of halogens is 1. The Labute approximate surface area is 179 Å². The summed E-state index contributed by atoms with van der Waals surface area (Å²) in [7, 11) is 0. The van der Waals surface area contributed by atoms with Crippen molar-refractivity contribution in [2.45, 2.75) is 26.2 Å². The number of ether oxygens (including phenoxy) is 1. The average molecular weight is 458 g/mol. The average Bonchev–Trinajstić information content (AvgIpc) is 3.12. The normalized spacial score (nSPS) is 16.4. The first-order valence-corrected chi connectivity index (χ1v) is 10.5. The first-order chi connectivity index (χ1) is 14.1. The summed E-state index contributed by atoms with van der Waals surface area (Å²) in [6, 6.07) is 15.0. The number of hydrazone groups is 1. The molecule has 0 unspecified atom stereocenters. The highest BCUT2D eigenvalue weighted by atomic mass is 79.9. The van der Waals surface area contributed by atoms with Crippen LogP contribution in [0.3, 0.4) is 0 Å². The van der Waals surface area contributed by atoms with Crippen LogP contribution in [-0.2, 0) is 9.59 Å². The molecule has 1 aliphatic rings. The maximum Gasteiger partial charge on any atom is 0.245 e. The van der Waals surface area contributed by atoms with Gasteiger partial charge in [-0.1, -0.05) is 29.3 Å². The second-order valence-corrected chi connectivity index (χ2v) is 7.80. The molecule has 1 heterocycles. The zero-order valence-corrected chi connectivity index (χ0v) is 17.9. The van der Waals surface area contributed by atoms with E-state index in [1.807, 2.05) is 48.5 Å². The van der Waals surface area contributed by atoms with Gasteiger partial charge in [-0.15, -0.1) is 0 Å². The molecule has 0 spiro atoms. The van der Waals surface area contributed by atoms with Crippen LogP contribution in [0.15, 0.2) is 58.1 Å². The van der Waals surface area contributed by atoms with E-state index in [4.69, 9.17) is 4.74 Å². The molecule has 1 N–H and O–H groups in total. The van der Waals surface area contributed by atoms with E-state index in [9.17, 15) is 9.59 Å². The summed E-state index contributed by atoms with van der Waals surface area (Å²) in [5, 5.41) is 4.02. The minimum absolute atomic E-state index is 0.0601. The van der Waals surface area contributed by atoms with Crippen LogP contribution in [0.5, 0.6) is 5.75 Å². The van der Waals surface area contributed by atoms with Crippen molar-refractivity contribution in [3.8, 4) is 5.75 Å². The minimum Gasteiger partial charge on any atom is -0.494 e. The van der Waals surface area contributed by atoms with Gasteiger partial charge in [0.05, 0.1) is 18.7 Å². The standard InChI is InChI=1S/C22H24BrN3O3/c1-2-3-12-29-20-10-4-16(5-11-20)14-24-25-22(28)17-13-21(27)26(15-17)19-8-6-18(23)7-9-19/h4-11,14,17H,2-3,12-13,15H2,1H3,(H,25,28)/b24-14-/t17-/m0/s1. The summed E-state index contributed by atoms with van der Waals surface area (Å²) in [6.45, 7) is 3.18. The number of carbonyl (C=O) groups is 2. The Morgan fingerprint density at radius 1 is 1.24 bits per heavy atom. The van der Waals surface area contributed by atoms with Crippen molar-refractivity contribution in [1.82, 2.24) is 5.43 Å². The molecular weight excluding hydrogens is 434 g/mol. The number of rotatable bonds is 8. The van der Waals surface area contributed by atoms with E-state index >= 15 is 0 Å². The predicted molar refractivity (Wildman–Crippen MR) is 117 cm³/mol. The van der Waals surface area contributed by atoms with E-state index in [0.717, 1.165) is 34.3 Å². The highest BCUT2D eigenvalue weighted by Gasteiger charge is 2.35. The highest BCUT2D eigenvalue weighted by molar-refractivity contribution is 9.10. The molecule has 1 atom stereocenters. The molecule has 29 heavy (non-hydrogen) atoms. The summed E-state index contributed by atoms with van der Waals surface area (Å²) in [6.07, 6.45) is 3.88. The van der Waals surface area contributed by atoms with Gasteiger partial charge in [0, 0.05) is 23.1 Å². The summed E-state index contributed by atoms with van der Waals surface area (Å²) >= 11 is 3.38. The summed E-state index contributed by atoms with van der Waals surface area (Å²) < 4.78 is 6.56. The van der Waals surface area contributed by atoms with Crippen molar-refractivity contribution in [3.63, 3.8) is 0 Å². The van der Waals surface area contributed by atoms with Crippen LogP contribution in [0, 0.1) is 5.92 Å². The van der Waals surface area contributed by atoms with Crippen LogP contribution in [0.2, 0.25) is 0 Å². The van der Waals surface area contributed by atoms with E-state index in [2.05, 4.69) is 33.4 Å². The number of nitrogens with one attached hydrogen (secondary N) is 1. The molecule has 0 aliphatic carbocycles. The van der Waals surface area contributed by atoms with Gasteiger partial charge < -0.3 is 9.64 Å². The lowest BCUT2D eigenvalue weighted by Crippen LogP contribution is -2.30. The van der Waals surface area contributed by atoms with Gasteiger partial charge in [0.2, 0.25) is 11.8 Å². The van der Waals surface area contributed by atoms with E-state index in [0.29, 0.717) is 13.2 Å². The van der Waals surface area contributed by atoms with Gasteiger partial charge in [0.15, 0.2) is 0 Å². The van der Waals surface area contributed by atoms with Gasteiger partial charge >= 0.3 is 0 Å². The Morgan fingerprint density at radius 2 is 1.97 bits per heavy atom. The first kappa shape index (κ1) is 21.0. The van der Waals surface area contributed by atoms with Gasteiger partial charge in [-0.25, -0.2) is 5.43 Å². The van der Waals surface area contributed by atoms with Crippen LogP contribution >= 0.6 is 15.9 Å². The summed E-state index contributed by atoms with van der Waals surface area (Å²) in [5.74, 6) is 0.0821. The molecule has 0 aromatic heterocycles. The molecule has 1 fully saturated rings. The Balaban J connectivity index is 1.50. The molecule has 0 radical (unpaired) electrons.